The predicted octanol–water partition coefficient (Wildman–Crippen LogP) is 1.77. The van der Waals surface area contributed by atoms with Crippen LogP contribution in [0.3, 0.4) is 0 Å². The minimum absolute atomic E-state index is 0.252. The number of aromatic nitrogens is 2. The van der Waals surface area contributed by atoms with Crippen LogP contribution in [-0.2, 0) is 0 Å². The van der Waals surface area contributed by atoms with Gasteiger partial charge in [-0.25, -0.2) is 9.97 Å². The van der Waals surface area contributed by atoms with Crippen molar-refractivity contribution in [3.05, 3.63) is 34.5 Å². The van der Waals surface area contributed by atoms with E-state index in [1.165, 1.54) is 0 Å². The summed E-state index contributed by atoms with van der Waals surface area (Å²) in [5.41, 5.74) is 14.2. The Morgan fingerprint density at radius 2 is 2.50 bits per heavy atom. The molecular formula is C8H10N6. The Kier molecular flexibility index (Phi) is 3.97. The summed E-state index contributed by atoms with van der Waals surface area (Å²) in [4.78, 5) is 10.4. The highest BCUT2D eigenvalue weighted by Crippen LogP contribution is 1.99. The van der Waals surface area contributed by atoms with Gasteiger partial charge in [-0.3, -0.25) is 0 Å². The molecule has 2 N–H and O–H groups in total. The van der Waals surface area contributed by atoms with Crippen LogP contribution in [0.2, 0.25) is 0 Å². The fraction of sp³-hybridized carbons (Fsp3) is 0.250. The highest BCUT2D eigenvalue weighted by molar-refractivity contribution is 5.45. The molecule has 6 heteroatoms. The monoisotopic (exact) mass is 190 g/mol. The standard InChI is InChI=1S/C8H10N6/c9-8-11-6-4-7(13-8)3-1-2-5-12-14-10/h1,3-4,6H,2,5H2,(H2,9,11,13). The molecule has 0 aliphatic carbocycles. The molecule has 0 aliphatic rings. The maximum atomic E-state index is 8.02. The maximum absolute atomic E-state index is 8.02. The van der Waals surface area contributed by atoms with Crippen molar-refractivity contribution in [2.45, 2.75) is 6.42 Å². The van der Waals surface area contributed by atoms with Crippen LogP contribution in [0.25, 0.3) is 16.5 Å². The molecule has 6 nitrogen and oxygen atoms in total. The second-order valence-corrected chi connectivity index (χ2v) is 2.49. The quantitative estimate of drug-likeness (QED) is 0.339. The second-order valence-electron chi connectivity index (χ2n) is 2.49. The highest BCUT2D eigenvalue weighted by atomic mass is 15.1. The summed E-state index contributed by atoms with van der Waals surface area (Å²) in [6.45, 7) is 0.452. The number of hydrogen-bond donors (Lipinski definition) is 1. The molecule has 0 radical (unpaired) electrons. The molecule has 0 aliphatic heterocycles. The van der Waals surface area contributed by atoms with E-state index in [0.29, 0.717) is 13.0 Å². The van der Waals surface area contributed by atoms with Crippen molar-refractivity contribution < 1.29 is 0 Å². The summed E-state index contributed by atoms with van der Waals surface area (Å²) in [5.74, 6) is 0.252. The van der Waals surface area contributed by atoms with Crippen LogP contribution >= 0.6 is 0 Å². The minimum Gasteiger partial charge on any atom is -0.368 e. The van der Waals surface area contributed by atoms with Gasteiger partial charge in [0, 0.05) is 17.7 Å². The summed E-state index contributed by atoms with van der Waals surface area (Å²) < 4.78 is 0. The molecule has 0 atom stereocenters. The Morgan fingerprint density at radius 1 is 1.64 bits per heavy atom. The lowest BCUT2D eigenvalue weighted by atomic mass is 10.3. The first-order valence-corrected chi connectivity index (χ1v) is 4.09. The Balaban J connectivity index is 2.47. The van der Waals surface area contributed by atoms with Crippen molar-refractivity contribution in [1.82, 2.24) is 9.97 Å². The smallest absolute Gasteiger partial charge is 0.220 e. The van der Waals surface area contributed by atoms with E-state index in [-0.39, 0.29) is 5.95 Å². The molecule has 0 fully saturated rings. The van der Waals surface area contributed by atoms with Gasteiger partial charge in [-0.05, 0) is 24.1 Å². The average Bonchev–Trinajstić information content (AvgIpc) is 2.18. The van der Waals surface area contributed by atoms with Gasteiger partial charge in [0.25, 0.3) is 0 Å². The van der Waals surface area contributed by atoms with Crippen LogP contribution in [0.5, 0.6) is 0 Å². The van der Waals surface area contributed by atoms with E-state index < -0.39 is 0 Å². The Hall–Kier alpha value is -2.07. The molecule has 0 amide bonds. The molecule has 0 spiro atoms. The SMILES string of the molecule is [N-]=[N+]=NCCC=Cc1ccnc(N)n1. The van der Waals surface area contributed by atoms with Gasteiger partial charge in [-0.1, -0.05) is 11.2 Å². The van der Waals surface area contributed by atoms with Gasteiger partial charge >= 0.3 is 0 Å². The van der Waals surface area contributed by atoms with Crippen LogP contribution in [0.4, 0.5) is 5.95 Å². The molecule has 0 aromatic carbocycles. The first-order chi connectivity index (χ1) is 6.83. The molecule has 72 valence electrons. The molecular weight excluding hydrogens is 180 g/mol. The van der Waals surface area contributed by atoms with E-state index in [1.54, 1.807) is 12.3 Å². The van der Waals surface area contributed by atoms with Crippen molar-refractivity contribution in [1.29, 1.82) is 0 Å². The zero-order valence-corrected chi connectivity index (χ0v) is 7.54. The van der Waals surface area contributed by atoms with Gasteiger partial charge in [-0.2, -0.15) is 0 Å². The van der Waals surface area contributed by atoms with Crippen LogP contribution in [-0.4, -0.2) is 16.5 Å². The first-order valence-electron chi connectivity index (χ1n) is 4.09. The normalized spacial score (nSPS) is 10.0. The fourth-order valence-electron chi connectivity index (χ4n) is 0.862. The molecule has 1 aromatic rings. The van der Waals surface area contributed by atoms with E-state index in [4.69, 9.17) is 11.3 Å². The molecule has 14 heavy (non-hydrogen) atoms. The third-order valence-corrected chi connectivity index (χ3v) is 1.44. The third-order valence-electron chi connectivity index (χ3n) is 1.44. The molecule has 0 saturated heterocycles. The summed E-state index contributed by atoms with van der Waals surface area (Å²) in [6.07, 6.45) is 5.96. The predicted molar refractivity (Wildman–Crippen MR) is 54.1 cm³/mol. The molecule has 1 rings (SSSR count). The number of rotatable bonds is 4. The molecule has 0 bridgehead atoms. The highest BCUT2D eigenvalue weighted by Gasteiger charge is 1.89. The summed E-state index contributed by atoms with van der Waals surface area (Å²) in [7, 11) is 0. The van der Waals surface area contributed by atoms with Gasteiger partial charge in [0.05, 0.1) is 5.69 Å². The maximum Gasteiger partial charge on any atom is 0.220 e. The zero-order chi connectivity index (χ0) is 10.2. The first kappa shape index (κ1) is 10.0. The summed E-state index contributed by atoms with van der Waals surface area (Å²) in [5, 5.41) is 3.39. The van der Waals surface area contributed by atoms with Crippen molar-refractivity contribution >= 4 is 12.0 Å². The van der Waals surface area contributed by atoms with Gasteiger partial charge in [0.1, 0.15) is 0 Å². The van der Waals surface area contributed by atoms with Gasteiger partial charge in [0.2, 0.25) is 5.95 Å². The number of nitrogens with zero attached hydrogens (tertiary/aromatic N) is 5. The third kappa shape index (κ3) is 3.55. The van der Waals surface area contributed by atoms with Gasteiger partial charge in [0.15, 0.2) is 0 Å². The van der Waals surface area contributed by atoms with E-state index in [1.807, 2.05) is 12.2 Å². The lowest BCUT2D eigenvalue weighted by Crippen LogP contribution is -1.94. The zero-order valence-electron chi connectivity index (χ0n) is 7.54. The molecule has 1 aromatic heterocycles. The average molecular weight is 190 g/mol. The van der Waals surface area contributed by atoms with Crippen molar-refractivity contribution in [2.24, 2.45) is 5.11 Å². The Bertz CT molecular complexity index is 366. The van der Waals surface area contributed by atoms with E-state index in [0.717, 1.165) is 5.69 Å². The molecule has 1 heterocycles. The molecule has 0 saturated carbocycles. The second kappa shape index (κ2) is 5.55. The number of hydrogen-bond acceptors (Lipinski definition) is 4. The lowest BCUT2D eigenvalue weighted by molar-refractivity contribution is 0.995. The topological polar surface area (TPSA) is 101 Å². The van der Waals surface area contributed by atoms with E-state index in [2.05, 4.69) is 20.0 Å². The van der Waals surface area contributed by atoms with E-state index in [9.17, 15) is 0 Å². The van der Waals surface area contributed by atoms with Crippen molar-refractivity contribution in [2.75, 3.05) is 12.3 Å². The number of nitrogen functional groups attached to an aromatic ring is 1. The van der Waals surface area contributed by atoms with Crippen LogP contribution < -0.4 is 5.73 Å². The Morgan fingerprint density at radius 3 is 3.21 bits per heavy atom. The van der Waals surface area contributed by atoms with E-state index >= 15 is 0 Å². The minimum atomic E-state index is 0.252. The van der Waals surface area contributed by atoms with Crippen molar-refractivity contribution in [3.63, 3.8) is 0 Å². The van der Waals surface area contributed by atoms with Gasteiger partial charge < -0.3 is 5.73 Å². The number of nitrogens with two attached hydrogens (primary N) is 1. The Labute approximate surface area is 81.1 Å². The van der Waals surface area contributed by atoms with Crippen LogP contribution in [0.15, 0.2) is 23.5 Å². The largest absolute Gasteiger partial charge is 0.368 e. The molecule has 0 unspecified atom stereocenters. The number of azide groups is 1. The summed E-state index contributed by atoms with van der Waals surface area (Å²) in [6, 6.07) is 1.75. The van der Waals surface area contributed by atoms with Gasteiger partial charge in [-0.15, -0.1) is 0 Å². The number of anilines is 1. The fourth-order valence-corrected chi connectivity index (χ4v) is 0.862. The van der Waals surface area contributed by atoms with Crippen molar-refractivity contribution in [3.8, 4) is 0 Å². The van der Waals surface area contributed by atoms with Crippen LogP contribution in [0, 0.1) is 0 Å². The van der Waals surface area contributed by atoms with Crippen LogP contribution in [0.1, 0.15) is 12.1 Å². The summed E-state index contributed by atoms with van der Waals surface area (Å²) >= 11 is 0. The lowest BCUT2D eigenvalue weighted by Gasteiger charge is -1.92.